The lowest BCUT2D eigenvalue weighted by atomic mass is 9.83. The van der Waals surface area contributed by atoms with E-state index in [2.05, 4.69) is 0 Å². The highest BCUT2D eigenvalue weighted by atomic mass is 35.5. The van der Waals surface area contributed by atoms with Gasteiger partial charge in [0.2, 0.25) is 0 Å². The van der Waals surface area contributed by atoms with Crippen molar-refractivity contribution in [1.29, 1.82) is 0 Å². The van der Waals surface area contributed by atoms with Crippen molar-refractivity contribution < 1.29 is 15.0 Å². The zero-order chi connectivity index (χ0) is 9.84. The molecule has 4 nitrogen and oxygen atoms in total. The van der Waals surface area contributed by atoms with Crippen LogP contribution < -0.4 is 5.73 Å². The van der Waals surface area contributed by atoms with Crippen molar-refractivity contribution in [3.8, 4) is 0 Å². The standard InChI is InChI=1S/C9H17NO3.ClH/c10-7(9(12)13)8(11)6-4-2-1-3-5-6;/h6-8,11H,1-5,10H2,(H,12,13);1H/t7-,8+;/m0./s1. The van der Waals surface area contributed by atoms with Crippen LogP contribution in [0.25, 0.3) is 0 Å². The molecular formula is C9H18ClNO3. The number of carboxylic acid groups (broad SMARTS) is 1. The van der Waals surface area contributed by atoms with Crippen LogP contribution in [0.2, 0.25) is 0 Å². The third kappa shape index (κ3) is 3.44. The lowest BCUT2D eigenvalue weighted by Crippen LogP contribution is -2.46. The van der Waals surface area contributed by atoms with Crippen molar-refractivity contribution in [1.82, 2.24) is 0 Å². The van der Waals surface area contributed by atoms with Gasteiger partial charge in [0.25, 0.3) is 0 Å². The lowest BCUT2D eigenvalue weighted by Gasteiger charge is -2.28. The van der Waals surface area contributed by atoms with E-state index in [0.717, 1.165) is 25.7 Å². The first-order valence-corrected chi connectivity index (χ1v) is 4.79. The minimum atomic E-state index is -1.12. The molecule has 1 aliphatic rings. The third-order valence-corrected chi connectivity index (χ3v) is 2.79. The van der Waals surface area contributed by atoms with Crippen molar-refractivity contribution in [2.24, 2.45) is 11.7 Å². The maximum absolute atomic E-state index is 10.5. The molecule has 0 bridgehead atoms. The predicted octanol–water partition coefficient (Wildman–Crippen LogP) is 0.761. The number of aliphatic carboxylic acids is 1. The number of nitrogens with two attached hydrogens (primary N) is 1. The topological polar surface area (TPSA) is 83.6 Å². The first kappa shape index (κ1) is 13.7. The Labute approximate surface area is 89.9 Å². The molecule has 5 heteroatoms. The summed E-state index contributed by atoms with van der Waals surface area (Å²) in [5.41, 5.74) is 5.34. The van der Waals surface area contributed by atoms with Gasteiger partial charge in [-0.3, -0.25) is 4.79 Å². The van der Waals surface area contributed by atoms with Gasteiger partial charge in [-0.25, -0.2) is 0 Å². The summed E-state index contributed by atoms with van der Waals surface area (Å²) in [5, 5.41) is 18.2. The smallest absolute Gasteiger partial charge is 0.323 e. The highest BCUT2D eigenvalue weighted by molar-refractivity contribution is 5.85. The summed E-state index contributed by atoms with van der Waals surface area (Å²) in [6.07, 6.45) is 4.27. The summed E-state index contributed by atoms with van der Waals surface area (Å²) >= 11 is 0. The van der Waals surface area contributed by atoms with Gasteiger partial charge in [0.15, 0.2) is 0 Å². The predicted molar refractivity (Wildman–Crippen MR) is 55.4 cm³/mol. The zero-order valence-electron chi connectivity index (χ0n) is 8.06. The minimum absolute atomic E-state index is 0. The van der Waals surface area contributed by atoms with Crippen molar-refractivity contribution in [3.63, 3.8) is 0 Å². The largest absolute Gasteiger partial charge is 0.480 e. The number of halogens is 1. The number of aliphatic hydroxyl groups excluding tert-OH is 1. The Morgan fingerprint density at radius 1 is 1.29 bits per heavy atom. The summed E-state index contributed by atoms with van der Waals surface area (Å²) in [4.78, 5) is 10.5. The molecule has 1 aliphatic carbocycles. The second-order valence-corrected chi connectivity index (χ2v) is 3.75. The summed E-state index contributed by atoms with van der Waals surface area (Å²) < 4.78 is 0. The van der Waals surface area contributed by atoms with Crippen LogP contribution in [0.4, 0.5) is 0 Å². The summed E-state index contributed by atoms with van der Waals surface area (Å²) in [5.74, 6) is -1.03. The molecule has 14 heavy (non-hydrogen) atoms. The Hall–Kier alpha value is -0.320. The van der Waals surface area contributed by atoms with Gasteiger partial charge in [0.05, 0.1) is 6.10 Å². The van der Waals surface area contributed by atoms with Crippen molar-refractivity contribution in [2.45, 2.75) is 44.2 Å². The maximum atomic E-state index is 10.5. The van der Waals surface area contributed by atoms with E-state index in [1.54, 1.807) is 0 Å². The summed E-state index contributed by atoms with van der Waals surface area (Å²) in [6.45, 7) is 0. The molecule has 0 radical (unpaired) electrons. The second kappa shape index (κ2) is 6.22. The Bertz CT molecular complexity index is 183. The number of rotatable bonds is 3. The molecular weight excluding hydrogens is 206 g/mol. The molecule has 0 saturated heterocycles. The monoisotopic (exact) mass is 223 g/mol. The average Bonchev–Trinajstić information content (AvgIpc) is 2.17. The summed E-state index contributed by atoms with van der Waals surface area (Å²) in [7, 11) is 0. The molecule has 2 atom stereocenters. The van der Waals surface area contributed by atoms with Crippen LogP contribution in [0.1, 0.15) is 32.1 Å². The molecule has 4 N–H and O–H groups in total. The van der Waals surface area contributed by atoms with E-state index in [9.17, 15) is 9.90 Å². The molecule has 0 amide bonds. The second-order valence-electron chi connectivity index (χ2n) is 3.75. The Morgan fingerprint density at radius 2 is 1.79 bits per heavy atom. The lowest BCUT2D eigenvalue weighted by molar-refractivity contribution is -0.142. The number of aliphatic hydroxyl groups is 1. The molecule has 0 aromatic rings. The highest BCUT2D eigenvalue weighted by Gasteiger charge is 2.30. The molecule has 0 aromatic heterocycles. The number of carboxylic acids is 1. The van der Waals surface area contributed by atoms with Gasteiger partial charge < -0.3 is 15.9 Å². The summed E-state index contributed by atoms with van der Waals surface area (Å²) in [6, 6.07) is -1.12. The highest BCUT2D eigenvalue weighted by Crippen LogP contribution is 2.27. The van der Waals surface area contributed by atoms with Crippen molar-refractivity contribution >= 4 is 18.4 Å². The Morgan fingerprint density at radius 3 is 2.21 bits per heavy atom. The Balaban J connectivity index is 0.00000169. The first-order valence-electron chi connectivity index (χ1n) is 4.79. The van der Waals surface area contributed by atoms with Crippen molar-refractivity contribution in [3.05, 3.63) is 0 Å². The fourth-order valence-corrected chi connectivity index (χ4v) is 1.91. The number of carbonyl (C=O) groups is 1. The quantitative estimate of drug-likeness (QED) is 0.660. The normalized spacial score (nSPS) is 22.1. The molecule has 1 fully saturated rings. The van der Waals surface area contributed by atoms with Gasteiger partial charge in [-0.1, -0.05) is 19.3 Å². The molecule has 0 spiro atoms. The van der Waals surface area contributed by atoms with Gasteiger partial charge in [-0.05, 0) is 18.8 Å². The zero-order valence-corrected chi connectivity index (χ0v) is 8.87. The van der Waals surface area contributed by atoms with E-state index < -0.39 is 18.1 Å². The third-order valence-electron chi connectivity index (χ3n) is 2.79. The van der Waals surface area contributed by atoms with Crippen LogP contribution in [0.5, 0.6) is 0 Å². The fraction of sp³-hybridized carbons (Fsp3) is 0.889. The minimum Gasteiger partial charge on any atom is -0.480 e. The molecule has 0 unspecified atom stereocenters. The molecule has 84 valence electrons. The van der Waals surface area contributed by atoms with Gasteiger partial charge in [0, 0.05) is 0 Å². The van der Waals surface area contributed by atoms with Crippen molar-refractivity contribution in [2.75, 3.05) is 0 Å². The SMILES string of the molecule is Cl.N[C@H](C(=O)O)[C@H](O)C1CCCCC1. The van der Waals surface area contributed by atoms with Gasteiger partial charge in [-0.15, -0.1) is 12.4 Å². The van der Waals surface area contributed by atoms with Gasteiger partial charge in [-0.2, -0.15) is 0 Å². The molecule has 0 aromatic carbocycles. The van der Waals surface area contributed by atoms with E-state index >= 15 is 0 Å². The van der Waals surface area contributed by atoms with Gasteiger partial charge >= 0.3 is 5.97 Å². The van der Waals surface area contributed by atoms with Crippen LogP contribution in [-0.4, -0.2) is 28.3 Å². The van der Waals surface area contributed by atoms with E-state index in [-0.39, 0.29) is 18.3 Å². The molecule has 1 rings (SSSR count). The maximum Gasteiger partial charge on any atom is 0.323 e. The Kier molecular flexibility index (Phi) is 6.08. The van der Waals surface area contributed by atoms with Crippen LogP contribution in [0.15, 0.2) is 0 Å². The number of hydrogen-bond acceptors (Lipinski definition) is 3. The van der Waals surface area contributed by atoms with Crippen LogP contribution in [-0.2, 0) is 4.79 Å². The molecule has 0 heterocycles. The molecule has 0 aliphatic heterocycles. The van der Waals surface area contributed by atoms with Crippen LogP contribution in [0, 0.1) is 5.92 Å². The van der Waals surface area contributed by atoms with E-state index in [1.165, 1.54) is 6.42 Å². The number of hydrogen-bond donors (Lipinski definition) is 3. The molecule has 1 saturated carbocycles. The van der Waals surface area contributed by atoms with E-state index in [1.807, 2.05) is 0 Å². The van der Waals surface area contributed by atoms with Crippen LogP contribution >= 0.6 is 12.4 Å². The van der Waals surface area contributed by atoms with Crippen LogP contribution in [0.3, 0.4) is 0 Å². The van der Waals surface area contributed by atoms with E-state index in [4.69, 9.17) is 10.8 Å². The first-order chi connectivity index (χ1) is 6.13. The van der Waals surface area contributed by atoms with Gasteiger partial charge in [0.1, 0.15) is 6.04 Å². The fourth-order valence-electron chi connectivity index (χ4n) is 1.91. The van der Waals surface area contributed by atoms with E-state index in [0.29, 0.717) is 0 Å². The average molecular weight is 224 g/mol.